The molecule has 0 saturated carbocycles. The molecule has 2 heterocycles. The highest BCUT2D eigenvalue weighted by Crippen LogP contribution is 2.44. The van der Waals surface area contributed by atoms with Crippen molar-refractivity contribution in [2.24, 2.45) is 0 Å². The van der Waals surface area contributed by atoms with Crippen LogP contribution in [0.2, 0.25) is 5.02 Å². The number of halogens is 1. The van der Waals surface area contributed by atoms with E-state index in [9.17, 15) is 14.7 Å². The predicted octanol–water partition coefficient (Wildman–Crippen LogP) is 3.01. The van der Waals surface area contributed by atoms with E-state index in [-0.39, 0.29) is 40.9 Å². The zero-order valence-electron chi connectivity index (χ0n) is 17.1. The zero-order valence-corrected chi connectivity index (χ0v) is 17.9. The summed E-state index contributed by atoms with van der Waals surface area (Å²) in [4.78, 5) is 28.0. The average molecular weight is 446 g/mol. The van der Waals surface area contributed by atoms with Crippen LogP contribution < -0.4 is 19.6 Å². The lowest BCUT2D eigenvalue weighted by Gasteiger charge is -2.25. The van der Waals surface area contributed by atoms with E-state index in [4.69, 9.17) is 30.2 Å². The molecule has 1 N–H and O–H groups in total. The third-order valence-electron chi connectivity index (χ3n) is 5.27. The number of rotatable bonds is 6. The van der Waals surface area contributed by atoms with E-state index in [0.717, 1.165) is 0 Å². The van der Waals surface area contributed by atoms with Gasteiger partial charge < -0.3 is 28.6 Å². The van der Waals surface area contributed by atoms with Crippen molar-refractivity contribution in [3.8, 4) is 17.2 Å². The Kier molecular flexibility index (Phi) is 5.51. The second-order valence-corrected chi connectivity index (χ2v) is 7.33. The minimum absolute atomic E-state index is 0.000894. The van der Waals surface area contributed by atoms with Crippen LogP contribution in [0, 0.1) is 0 Å². The van der Waals surface area contributed by atoms with Gasteiger partial charge in [-0.25, -0.2) is 0 Å². The van der Waals surface area contributed by atoms with Gasteiger partial charge in [0, 0.05) is 11.6 Å². The normalized spacial score (nSPS) is 15.3. The summed E-state index contributed by atoms with van der Waals surface area (Å²) in [5, 5.41) is 10.2. The molecule has 2 aromatic carbocycles. The Bertz CT molecular complexity index is 1210. The Labute approximate surface area is 182 Å². The van der Waals surface area contributed by atoms with Crippen LogP contribution in [0.5, 0.6) is 17.2 Å². The first-order chi connectivity index (χ1) is 14.9. The maximum atomic E-state index is 13.4. The number of carbonyl (C=O) groups is 1. The van der Waals surface area contributed by atoms with Gasteiger partial charge in [-0.1, -0.05) is 11.6 Å². The quantitative estimate of drug-likeness (QED) is 0.622. The molecular weight excluding hydrogens is 426 g/mol. The highest BCUT2D eigenvalue weighted by atomic mass is 35.5. The van der Waals surface area contributed by atoms with Gasteiger partial charge in [0.1, 0.15) is 5.58 Å². The van der Waals surface area contributed by atoms with Gasteiger partial charge in [-0.2, -0.15) is 0 Å². The molecule has 4 rings (SSSR count). The molecule has 1 aliphatic heterocycles. The van der Waals surface area contributed by atoms with Crippen molar-refractivity contribution in [2.45, 2.75) is 6.04 Å². The Morgan fingerprint density at radius 1 is 1.06 bits per heavy atom. The van der Waals surface area contributed by atoms with Gasteiger partial charge in [-0.05, 0) is 35.9 Å². The number of fused-ring (bicyclic) bond motifs is 2. The first-order valence-electron chi connectivity index (χ1n) is 9.43. The maximum absolute atomic E-state index is 13.4. The second kappa shape index (κ2) is 8.13. The van der Waals surface area contributed by atoms with Crippen molar-refractivity contribution < 1.29 is 28.5 Å². The Balaban J connectivity index is 2.02. The number of ether oxygens (including phenoxy) is 3. The Morgan fingerprint density at radius 3 is 2.32 bits per heavy atom. The molecule has 0 bridgehead atoms. The summed E-state index contributed by atoms with van der Waals surface area (Å²) >= 11 is 6.08. The molecule has 1 aromatic heterocycles. The highest BCUT2D eigenvalue weighted by molar-refractivity contribution is 6.31. The minimum atomic E-state index is -0.817. The number of hydrogen-bond donors (Lipinski definition) is 1. The van der Waals surface area contributed by atoms with Crippen molar-refractivity contribution in [1.82, 2.24) is 4.90 Å². The van der Waals surface area contributed by atoms with Crippen LogP contribution in [0.25, 0.3) is 11.0 Å². The monoisotopic (exact) mass is 445 g/mol. The third kappa shape index (κ3) is 3.28. The summed E-state index contributed by atoms with van der Waals surface area (Å²) in [7, 11) is 4.44. The van der Waals surface area contributed by atoms with Crippen molar-refractivity contribution in [1.29, 1.82) is 0 Å². The summed E-state index contributed by atoms with van der Waals surface area (Å²) in [5.74, 6) is 0.568. The molecule has 9 heteroatoms. The molecule has 3 aromatic rings. The smallest absolute Gasteiger partial charge is 0.290 e. The number of benzene rings is 2. The van der Waals surface area contributed by atoms with Crippen molar-refractivity contribution >= 4 is 28.5 Å². The van der Waals surface area contributed by atoms with Crippen LogP contribution in [0.15, 0.2) is 39.5 Å². The van der Waals surface area contributed by atoms with E-state index in [2.05, 4.69) is 0 Å². The van der Waals surface area contributed by atoms with E-state index in [1.54, 1.807) is 24.3 Å². The summed E-state index contributed by atoms with van der Waals surface area (Å²) in [6, 6.07) is 7.16. The van der Waals surface area contributed by atoms with Gasteiger partial charge in [-0.3, -0.25) is 9.59 Å². The third-order valence-corrected chi connectivity index (χ3v) is 5.51. The number of hydrogen-bond acceptors (Lipinski definition) is 7. The van der Waals surface area contributed by atoms with Crippen molar-refractivity contribution in [2.75, 3.05) is 34.5 Å². The predicted molar refractivity (Wildman–Crippen MR) is 114 cm³/mol. The van der Waals surface area contributed by atoms with Crippen LogP contribution in [-0.4, -0.2) is 50.4 Å². The number of nitrogens with zero attached hydrogens (tertiary/aromatic N) is 1. The molecule has 8 nitrogen and oxygen atoms in total. The summed E-state index contributed by atoms with van der Waals surface area (Å²) in [6.45, 7) is -0.291. The fraction of sp³-hybridized carbons (Fsp3) is 0.273. The van der Waals surface area contributed by atoms with Gasteiger partial charge in [-0.15, -0.1) is 0 Å². The van der Waals surface area contributed by atoms with E-state index < -0.39 is 11.9 Å². The Hall–Kier alpha value is -3.23. The lowest BCUT2D eigenvalue weighted by molar-refractivity contribution is 0.0691. The lowest BCUT2D eigenvalue weighted by Crippen LogP contribution is -2.32. The van der Waals surface area contributed by atoms with E-state index in [1.807, 2.05) is 0 Å². The fourth-order valence-corrected chi connectivity index (χ4v) is 4.11. The highest BCUT2D eigenvalue weighted by Gasteiger charge is 2.43. The molecule has 0 spiro atoms. The first-order valence-corrected chi connectivity index (χ1v) is 9.80. The maximum Gasteiger partial charge on any atom is 0.290 e. The molecule has 31 heavy (non-hydrogen) atoms. The number of amides is 1. The molecule has 1 aliphatic rings. The molecule has 162 valence electrons. The summed E-state index contributed by atoms with van der Waals surface area (Å²) in [6.07, 6.45) is 0. The second-order valence-electron chi connectivity index (χ2n) is 6.90. The lowest BCUT2D eigenvalue weighted by atomic mass is 9.97. The van der Waals surface area contributed by atoms with E-state index in [1.165, 1.54) is 32.3 Å². The number of carbonyl (C=O) groups excluding carboxylic acids is 1. The van der Waals surface area contributed by atoms with E-state index in [0.29, 0.717) is 27.8 Å². The van der Waals surface area contributed by atoms with Gasteiger partial charge in [0.2, 0.25) is 11.5 Å². The van der Waals surface area contributed by atoms with E-state index >= 15 is 0 Å². The van der Waals surface area contributed by atoms with Crippen molar-refractivity contribution in [3.63, 3.8) is 0 Å². The number of methoxy groups -OCH3 is 3. The minimum Gasteiger partial charge on any atom is -0.493 e. The summed E-state index contributed by atoms with van der Waals surface area (Å²) in [5.41, 5.74) is 0.605. The van der Waals surface area contributed by atoms with Gasteiger partial charge in [0.25, 0.3) is 5.91 Å². The zero-order chi connectivity index (χ0) is 22.3. The molecule has 1 atom stereocenters. The van der Waals surface area contributed by atoms with Gasteiger partial charge in [0.15, 0.2) is 16.9 Å². The SMILES string of the molecule is COc1cc([C@H]2c3c(oc4ccc(Cl)cc4c3=O)C(=O)N2CCO)cc(OC)c1OC. The van der Waals surface area contributed by atoms with Gasteiger partial charge >= 0.3 is 0 Å². The molecular formula is C22H20ClNO7. The molecule has 0 fully saturated rings. The molecule has 0 saturated heterocycles. The topological polar surface area (TPSA) is 98.4 Å². The number of β-amino-alcohol motifs (C(OH)–C–C–N with tert-alkyl or cyclic N) is 1. The molecule has 0 radical (unpaired) electrons. The standard InChI is InChI=1S/C22H20ClNO7/c1-28-15-8-11(9-16(29-2)20(15)30-3)18-17-19(26)13-10-12(23)4-5-14(13)31-21(17)22(27)24(18)6-7-25/h4-5,8-10,18,25H,6-7H2,1-3H3/t18-/m0/s1. The number of aliphatic hydroxyl groups excluding tert-OH is 1. The van der Waals surface area contributed by atoms with Gasteiger partial charge in [0.05, 0.1) is 44.9 Å². The molecule has 0 unspecified atom stereocenters. The van der Waals surface area contributed by atoms with Crippen LogP contribution in [0.4, 0.5) is 0 Å². The van der Waals surface area contributed by atoms with Crippen LogP contribution in [0.3, 0.4) is 0 Å². The van der Waals surface area contributed by atoms with Crippen LogP contribution >= 0.6 is 11.6 Å². The van der Waals surface area contributed by atoms with Crippen LogP contribution in [-0.2, 0) is 0 Å². The average Bonchev–Trinajstić information content (AvgIpc) is 3.05. The summed E-state index contributed by atoms with van der Waals surface area (Å²) < 4.78 is 22.0. The van der Waals surface area contributed by atoms with Crippen molar-refractivity contribution in [3.05, 3.63) is 62.5 Å². The molecule has 1 amide bonds. The largest absolute Gasteiger partial charge is 0.493 e. The molecule has 0 aliphatic carbocycles. The fourth-order valence-electron chi connectivity index (χ4n) is 3.94. The number of aliphatic hydroxyl groups is 1. The Morgan fingerprint density at radius 2 is 1.74 bits per heavy atom. The first kappa shape index (κ1) is 21.0. The van der Waals surface area contributed by atoms with Crippen LogP contribution in [0.1, 0.15) is 27.7 Å².